The zero-order chi connectivity index (χ0) is 8.43. The van der Waals surface area contributed by atoms with Gasteiger partial charge in [0.15, 0.2) is 0 Å². The third-order valence-corrected chi connectivity index (χ3v) is 1.84. The zero-order valence-corrected chi connectivity index (χ0v) is 6.57. The molecule has 1 aliphatic heterocycles. The fourth-order valence-corrected chi connectivity index (χ4v) is 1.00. The standard InChI is InChI=1S/C7H10N2O2/c1-5(7(10)11-2)9-4-6(9)3-8/h5-6H,4H2,1-2H3/t5-,6?,9?/m1/s1. The molecule has 0 spiro atoms. The van der Waals surface area contributed by atoms with Crippen LogP contribution in [-0.2, 0) is 9.53 Å². The SMILES string of the molecule is COC(=O)[C@@H](C)N1CC1C#N. The Bertz CT molecular complexity index is 209. The van der Waals surface area contributed by atoms with Crippen molar-refractivity contribution in [3.8, 4) is 6.07 Å². The zero-order valence-electron chi connectivity index (χ0n) is 6.57. The largest absolute Gasteiger partial charge is 0.468 e. The Morgan fingerprint density at radius 1 is 1.91 bits per heavy atom. The maximum atomic E-state index is 10.9. The molecule has 11 heavy (non-hydrogen) atoms. The van der Waals surface area contributed by atoms with E-state index in [1.807, 2.05) is 0 Å². The van der Waals surface area contributed by atoms with Crippen LogP contribution in [0.1, 0.15) is 6.92 Å². The van der Waals surface area contributed by atoms with Crippen molar-refractivity contribution in [2.45, 2.75) is 19.0 Å². The van der Waals surface area contributed by atoms with Crippen molar-refractivity contribution >= 4 is 5.97 Å². The van der Waals surface area contributed by atoms with Crippen molar-refractivity contribution in [3.63, 3.8) is 0 Å². The molecule has 0 aliphatic carbocycles. The highest BCUT2D eigenvalue weighted by Gasteiger charge is 2.41. The Morgan fingerprint density at radius 3 is 2.91 bits per heavy atom. The van der Waals surface area contributed by atoms with E-state index in [9.17, 15) is 4.79 Å². The van der Waals surface area contributed by atoms with Crippen molar-refractivity contribution in [2.24, 2.45) is 0 Å². The predicted octanol–water partition coefficient (Wildman–Crippen LogP) is -0.244. The molecule has 4 nitrogen and oxygen atoms in total. The van der Waals surface area contributed by atoms with Gasteiger partial charge >= 0.3 is 5.97 Å². The third-order valence-electron chi connectivity index (χ3n) is 1.84. The van der Waals surface area contributed by atoms with E-state index in [4.69, 9.17) is 5.26 Å². The molecule has 1 saturated heterocycles. The fourth-order valence-electron chi connectivity index (χ4n) is 1.00. The summed E-state index contributed by atoms with van der Waals surface area (Å²) >= 11 is 0. The second-order valence-corrected chi connectivity index (χ2v) is 2.54. The molecule has 0 N–H and O–H groups in total. The van der Waals surface area contributed by atoms with E-state index in [-0.39, 0.29) is 18.1 Å². The minimum absolute atomic E-state index is 0.0795. The molecule has 0 amide bonds. The fraction of sp³-hybridized carbons (Fsp3) is 0.714. The van der Waals surface area contributed by atoms with Gasteiger partial charge in [0, 0.05) is 6.54 Å². The van der Waals surface area contributed by atoms with Crippen LogP contribution in [0, 0.1) is 11.3 Å². The van der Waals surface area contributed by atoms with Crippen LogP contribution >= 0.6 is 0 Å². The van der Waals surface area contributed by atoms with E-state index in [2.05, 4.69) is 10.8 Å². The maximum absolute atomic E-state index is 10.9. The number of nitrogens with zero attached hydrogens (tertiary/aromatic N) is 2. The lowest BCUT2D eigenvalue weighted by molar-refractivity contribution is -0.144. The maximum Gasteiger partial charge on any atom is 0.322 e. The first kappa shape index (κ1) is 8.02. The highest BCUT2D eigenvalue weighted by atomic mass is 16.5. The Labute approximate surface area is 65.4 Å². The van der Waals surface area contributed by atoms with E-state index >= 15 is 0 Å². The van der Waals surface area contributed by atoms with Crippen LogP contribution in [-0.4, -0.2) is 36.6 Å². The lowest BCUT2D eigenvalue weighted by Gasteiger charge is -2.08. The normalized spacial score (nSPS) is 30.3. The summed E-state index contributed by atoms with van der Waals surface area (Å²) in [6, 6.07) is 1.71. The molecule has 4 heteroatoms. The second-order valence-electron chi connectivity index (χ2n) is 2.54. The Balaban J connectivity index is 2.40. The van der Waals surface area contributed by atoms with Crippen molar-refractivity contribution in [1.82, 2.24) is 4.90 Å². The first-order valence-corrected chi connectivity index (χ1v) is 3.44. The number of carbonyl (C=O) groups excluding carboxylic acids is 1. The first-order chi connectivity index (χ1) is 5.20. The van der Waals surface area contributed by atoms with Crippen LogP contribution in [0.15, 0.2) is 0 Å². The molecule has 0 aromatic rings. The Morgan fingerprint density at radius 2 is 2.55 bits per heavy atom. The summed E-state index contributed by atoms with van der Waals surface area (Å²) in [5, 5.41) is 8.44. The van der Waals surface area contributed by atoms with Gasteiger partial charge in [-0.1, -0.05) is 0 Å². The number of hydrogen-bond donors (Lipinski definition) is 0. The number of nitriles is 1. The molecule has 3 atom stereocenters. The molecule has 1 fully saturated rings. The van der Waals surface area contributed by atoms with Gasteiger partial charge in [0.05, 0.1) is 13.2 Å². The number of hydrogen-bond acceptors (Lipinski definition) is 4. The number of esters is 1. The molecule has 0 aromatic carbocycles. The highest BCUT2D eigenvalue weighted by Crippen LogP contribution is 2.20. The summed E-state index contributed by atoms with van der Waals surface area (Å²) in [5.74, 6) is -0.275. The molecule has 1 aliphatic rings. The number of rotatable bonds is 2. The smallest absolute Gasteiger partial charge is 0.322 e. The third kappa shape index (κ3) is 1.49. The summed E-state index contributed by atoms with van der Waals surface area (Å²) in [5.41, 5.74) is 0. The van der Waals surface area contributed by atoms with Gasteiger partial charge in [0.1, 0.15) is 12.1 Å². The first-order valence-electron chi connectivity index (χ1n) is 3.44. The molecule has 0 radical (unpaired) electrons. The molecule has 1 heterocycles. The van der Waals surface area contributed by atoms with Crippen molar-refractivity contribution in [1.29, 1.82) is 5.26 Å². The van der Waals surface area contributed by atoms with E-state index in [0.717, 1.165) is 0 Å². The van der Waals surface area contributed by atoms with Crippen molar-refractivity contribution in [3.05, 3.63) is 0 Å². The minimum atomic E-state index is -0.275. The molecular formula is C7H10N2O2. The van der Waals surface area contributed by atoms with E-state index < -0.39 is 0 Å². The minimum Gasteiger partial charge on any atom is -0.468 e. The van der Waals surface area contributed by atoms with E-state index in [1.165, 1.54) is 7.11 Å². The van der Waals surface area contributed by atoms with Crippen LogP contribution in [0.3, 0.4) is 0 Å². The van der Waals surface area contributed by atoms with Crippen LogP contribution in [0.5, 0.6) is 0 Å². The topological polar surface area (TPSA) is 53.1 Å². The summed E-state index contributed by atoms with van der Waals surface area (Å²) in [6.45, 7) is 2.43. The average molecular weight is 154 g/mol. The molecule has 0 saturated carbocycles. The van der Waals surface area contributed by atoms with Crippen LogP contribution in [0.4, 0.5) is 0 Å². The Kier molecular flexibility index (Phi) is 2.11. The van der Waals surface area contributed by atoms with Crippen molar-refractivity contribution in [2.75, 3.05) is 13.7 Å². The average Bonchev–Trinajstić information content (AvgIpc) is 2.80. The molecule has 60 valence electrons. The summed E-state index contributed by atoms with van der Waals surface area (Å²) in [4.78, 5) is 12.7. The van der Waals surface area contributed by atoms with E-state index in [0.29, 0.717) is 6.54 Å². The summed E-state index contributed by atoms with van der Waals surface area (Å²) in [6.07, 6.45) is 0. The summed E-state index contributed by atoms with van der Waals surface area (Å²) < 4.78 is 4.52. The number of ether oxygens (including phenoxy) is 1. The van der Waals surface area contributed by atoms with Gasteiger partial charge in [-0.05, 0) is 6.92 Å². The van der Waals surface area contributed by atoms with Gasteiger partial charge in [0.25, 0.3) is 0 Å². The number of methoxy groups -OCH3 is 1. The van der Waals surface area contributed by atoms with Gasteiger partial charge < -0.3 is 4.74 Å². The lowest BCUT2D eigenvalue weighted by Crippen LogP contribution is -2.27. The predicted molar refractivity (Wildman–Crippen MR) is 37.6 cm³/mol. The second kappa shape index (κ2) is 2.89. The van der Waals surface area contributed by atoms with Gasteiger partial charge in [-0.2, -0.15) is 5.26 Å². The number of carbonyl (C=O) groups is 1. The van der Waals surface area contributed by atoms with Gasteiger partial charge in [0.2, 0.25) is 0 Å². The Hall–Kier alpha value is -1.08. The quantitative estimate of drug-likeness (QED) is 0.406. The van der Waals surface area contributed by atoms with E-state index in [1.54, 1.807) is 11.8 Å². The summed E-state index contributed by atoms with van der Waals surface area (Å²) in [7, 11) is 1.35. The molecule has 1 rings (SSSR count). The van der Waals surface area contributed by atoms with Crippen molar-refractivity contribution < 1.29 is 9.53 Å². The van der Waals surface area contributed by atoms with Gasteiger partial charge in [-0.3, -0.25) is 9.69 Å². The molecule has 0 bridgehead atoms. The molecule has 2 unspecified atom stereocenters. The van der Waals surface area contributed by atoms with Crippen LogP contribution < -0.4 is 0 Å². The van der Waals surface area contributed by atoms with Crippen LogP contribution in [0.2, 0.25) is 0 Å². The lowest BCUT2D eigenvalue weighted by atomic mass is 10.3. The molecule has 0 aromatic heterocycles. The molecular weight excluding hydrogens is 144 g/mol. The van der Waals surface area contributed by atoms with Gasteiger partial charge in [-0.25, -0.2) is 0 Å². The highest BCUT2D eigenvalue weighted by molar-refractivity contribution is 5.75. The monoisotopic (exact) mass is 154 g/mol. The van der Waals surface area contributed by atoms with Crippen LogP contribution in [0.25, 0.3) is 0 Å². The van der Waals surface area contributed by atoms with Gasteiger partial charge in [-0.15, -0.1) is 0 Å².